The van der Waals surface area contributed by atoms with Gasteiger partial charge in [0.05, 0.1) is 7.11 Å². The Balaban J connectivity index is 1.71. The Kier molecular flexibility index (Phi) is 6.51. The topological polar surface area (TPSA) is 96.5 Å². The van der Waals surface area contributed by atoms with Crippen molar-refractivity contribution in [3.63, 3.8) is 0 Å². The van der Waals surface area contributed by atoms with Crippen LogP contribution in [0.15, 0.2) is 41.3 Å². The summed E-state index contributed by atoms with van der Waals surface area (Å²) in [5.41, 5.74) is 5.17. The Hall–Kier alpha value is -3.16. The van der Waals surface area contributed by atoms with Crippen LogP contribution in [0.3, 0.4) is 0 Å². The van der Waals surface area contributed by atoms with Crippen LogP contribution >= 0.6 is 0 Å². The first-order chi connectivity index (χ1) is 16.4. The number of aliphatic hydroxyl groups is 1. The van der Waals surface area contributed by atoms with E-state index in [1.165, 1.54) is 0 Å². The van der Waals surface area contributed by atoms with Crippen molar-refractivity contribution in [3.05, 3.63) is 74.8 Å². The predicted molar refractivity (Wildman–Crippen MR) is 137 cm³/mol. The summed E-state index contributed by atoms with van der Waals surface area (Å²) in [4.78, 5) is 19.6. The lowest BCUT2D eigenvalue weighted by Crippen LogP contribution is -2.44. The fourth-order valence-corrected chi connectivity index (χ4v) is 4.46. The number of benzene rings is 1. The van der Waals surface area contributed by atoms with Crippen molar-refractivity contribution in [2.45, 2.75) is 66.3 Å². The van der Waals surface area contributed by atoms with Crippen molar-refractivity contribution in [3.8, 4) is 22.8 Å². The van der Waals surface area contributed by atoms with E-state index in [2.05, 4.69) is 43.0 Å². The van der Waals surface area contributed by atoms with Crippen LogP contribution in [0.4, 0.5) is 0 Å². The van der Waals surface area contributed by atoms with Gasteiger partial charge in [0.25, 0.3) is 5.56 Å². The van der Waals surface area contributed by atoms with E-state index in [0.29, 0.717) is 17.0 Å². The molecule has 7 nitrogen and oxygen atoms in total. The lowest BCUT2D eigenvalue weighted by molar-refractivity contribution is 0.00392. The molecule has 2 aromatic heterocycles. The van der Waals surface area contributed by atoms with Gasteiger partial charge in [0, 0.05) is 53.0 Å². The molecule has 3 aromatic rings. The van der Waals surface area contributed by atoms with E-state index in [9.17, 15) is 9.90 Å². The van der Waals surface area contributed by atoms with Gasteiger partial charge in [-0.25, -0.2) is 4.98 Å². The van der Waals surface area contributed by atoms with Gasteiger partial charge in [0.2, 0.25) is 5.88 Å². The number of nitrogens with one attached hydrogen (secondary N) is 2. The van der Waals surface area contributed by atoms with E-state index < -0.39 is 11.8 Å². The molecule has 0 saturated heterocycles. The summed E-state index contributed by atoms with van der Waals surface area (Å²) in [6.07, 6.45) is 1.51. The quantitative estimate of drug-likeness (QED) is 0.450. The van der Waals surface area contributed by atoms with Crippen LogP contribution in [0.1, 0.15) is 61.9 Å². The molecule has 1 aliphatic heterocycles. The molecule has 0 radical (unpaired) electrons. The highest BCUT2D eigenvalue weighted by Crippen LogP contribution is 2.49. The van der Waals surface area contributed by atoms with Crippen molar-refractivity contribution in [2.24, 2.45) is 5.41 Å². The van der Waals surface area contributed by atoms with Gasteiger partial charge in [-0.1, -0.05) is 20.8 Å². The fourth-order valence-electron chi connectivity index (χ4n) is 4.46. The van der Waals surface area contributed by atoms with E-state index in [1.54, 1.807) is 13.3 Å². The minimum atomic E-state index is -0.966. The molecule has 35 heavy (non-hydrogen) atoms. The van der Waals surface area contributed by atoms with Crippen molar-refractivity contribution in [2.75, 3.05) is 7.11 Å². The summed E-state index contributed by atoms with van der Waals surface area (Å²) in [6.45, 7) is 12.7. The fraction of sp³-hybridized carbons (Fsp3) is 0.429. The molecule has 7 heteroatoms. The average molecular weight is 478 g/mol. The third-order valence-electron chi connectivity index (χ3n) is 7.17. The zero-order valence-electron chi connectivity index (χ0n) is 21.6. The molecule has 3 N–H and O–H groups in total. The molecule has 1 aliphatic rings. The highest BCUT2D eigenvalue weighted by molar-refractivity contribution is 5.74. The van der Waals surface area contributed by atoms with E-state index >= 15 is 0 Å². The second-order valence-corrected chi connectivity index (χ2v) is 10.6. The van der Waals surface area contributed by atoms with Gasteiger partial charge in [-0.2, -0.15) is 0 Å². The number of aromatic amines is 1. The Morgan fingerprint density at radius 1 is 1.26 bits per heavy atom. The molecule has 4 rings (SSSR count). The summed E-state index contributed by atoms with van der Waals surface area (Å²) in [5.74, 6) is 1.35. The molecule has 0 saturated carbocycles. The van der Waals surface area contributed by atoms with E-state index in [4.69, 9.17) is 9.47 Å². The average Bonchev–Trinajstić information content (AvgIpc) is 3.15. The van der Waals surface area contributed by atoms with Crippen LogP contribution in [-0.4, -0.2) is 27.8 Å². The summed E-state index contributed by atoms with van der Waals surface area (Å²) in [7, 11) is 1.58. The largest absolute Gasteiger partial charge is 0.486 e. The minimum absolute atomic E-state index is 0.0948. The Bertz CT molecular complexity index is 1290. The number of hydrogen-bond acceptors (Lipinski definition) is 6. The Morgan fingerprint density at radius 3 is 2.60 bits per heavy atom. The minimum Gasteiger partial charge on any atom is -0.486 e. The number of fused-ring (bicyclic) bond motifs is 1. The van der Waals surface area contributed by atoms with E-state index in [1.807, 2.05) is 44.2 Å². The van der Waals surface area contributed by atoms with E-state index in [-0.39, 0.29) is 17.5 Å². The lowest BCUT2D eigenvalue weighted by Gasteiger charge is -2.37. The number of aliphatic hydroxyl groups excluding tert-OH is 1. The SMILES string of the molecule is COc1ccc(-c2cc(C(O)NCc3c(C)cc(C)[nH]c3=O)cc3c2OC(C)(C(C)(C)C)C3)cn1. The first kappa shape index (κ1) is 24.9. The van der Waals surface area contributed by atoms with Crippen LogP contribution in [-0.2, 0) is 13.0 Å². The van der Waals surface area contributed by atoms with Crippen LogP contribution in [0.2, 0.25) is 0 Å². The molecule has 186 valence electrons. The number of pyridine rings is 2. The van der Waals surface area contributed by atoms with Gasteiger partial charge in [-0.05, 0) is 61.7 Å². The van der Waals surface area contributed by atoms with Crippen LogP contribution in [0.5, 0.6) is 11.6 Å². The number of hydrogen-bond donors (Lipinski definition) is 3. The Morgan fingerprint density at radius 2 is 2.00 bits per heavy atom. The highest BCUT2D eigenvalue weighted by Gasteiger charge is 2.45. The van der Waals surface area contributed by atoms with Crippen molar-refractivity contribution < 1.29 is 14.6 Å². The number of ether oxygens (including phenoxy) is 2. The van der Waals surface area contributed by atoms with Gasteiger partial charge >= 0.3 is 0 Å². The molecule has 0 aliphatic carbocycles. The van der Waals surface area contributed by atoms with Gasteiger partial charge in [0.1, 0.15) is 17.6 Å². The Labute approximate surface area is 206 Å². The molecule has 0 bridgehead atoms. The third kappa shape index (κ3) is 4.83. The summed E-state index contributed by atoms with van der Waals surface area (Å²) < 4.78 is 11.8. The van der Waals surface area contributed by atoms with E-state index in [0.717, 1.165) is 40.1 Å². The summed E-state index contributed by atoms with van der Waals surface area (Å²) in [6, 6.07) is 9.61. The zero-order chi connectivity index (χ0) is 25.5. The number of nitrogens with zero attached hydrogens (tertiary/aromatic N) is 1. The molecule has 3 heterocycles. The van der Waals surface area contributed by atoms with Crippen molar-refractivity contribution >= 4 is 0 Å². The second-order valence-electron chi connectivity index (χ2n) is 10.6. The first-order valence-electron chi connectivity index (χ1n) is 11.9. The normalized spacial score (nSPS) is 18.2. The smallest absolute Gasteiger partial charge is 0.252 e. The second kappa shape index (κ2) is 9.13. The monoisotopic (exact) mass is 477 g/mol. The maximum absolute atomic E-state index is 12.4. The van der Waals surface area contributed by atoms with Crippen molar-refractivity contribution in [1.82, 2.24) is 15.3 Å². The van der Waals surface area contributed by atoms with Crippen LogP contribution in [0, 0.1) is 19.3 Å². The van der Waals surface area contributed by atoms with Gasteiger partial charge in [-0.3, -0.25) is 10.1 Å². The summed E-state index contributed by atoms with van der Waals surface area (Å²) >= 11 is 0. The lowest BCUT2D eigenvalue weighted by atomic mass is 9.75. The molecule has 2 atom stereocenters. The molecule has 0 amide bonds. The molecule has 2 unspecified atom stereocenters. The summed E-state index contributed by atoms with van der Waals surface area (Å²) in [5, 5.41) is 14.2. The standard InChI is InChI=1S/C28H35N3O4/c1-16-10-17(2)31-26(33)22(16)15-30-25(32)19-11-20-13-28(6,27(3,4)5)35-24(20)21(12-19)18-8-9-23(34-7)29-14-18/h8-12,14,25,30,32H,13,15H2,1-7H3,(H,31,33). The number of methoxy groups -OCH3 is 1. The third-order valence-corrected chi connectivity index (χ3v) is 7.17. The number of aryl methyl sites for hydroxylation is 2. The molecule has 0 fully saturated rings. The first-order valence-corrected chi connectivity index (χ1v) is 11.9. The number of rotatable bonds is 6. The van der Waals surface area contributed by atoms with Crippen LogP contribution < -0.4 is 20.3 Å². The zero-order valence-corrected chi connectivity index (χ0v) is 21.6. The molecule has 0 spiro atoms. The maximum Gasteiger partial charge on any atom is 0.252 e. The molecule has 1 aromatic carbocycles. The number of H-pyrrole nitrogens is 1. The molecular formula is C28H35N3O4. The maximum atomic E-state index is 12.4. The van der Waals surface area contributed by atoms with Gasteiger partial charge in [-0.15, -0.1) is 0 Å². The molecular weight excluding hydrogens is 442 g/mol. The predicted octanol–water partition coefficient (Wildman–Crippen LogP) is 4.58. The highest BCUT2D eigenvalue weighted by atomic mass is 16.5. The number of aromatic nitrogens is 2. The van der Waals surface area contributed by atoms with Gasteiger partial charge in [0.15, 0.2) is 0 Å². The van der Waals surface area contributed by atoms with Gasteiger partial charge < -0.3 is 19.6 Å². The van der Waals surface area contributed by atoms with Crippen molar-refractivity contribution in [1.29, 1.82) is 0 Å². The van der Waals surface area contributed by atoms with Crippen LogP contribution in [0.25, 0.3) is 11.1 Å².